The zero-order valence-electron chi connectivity index (χ0n) is 12.3. The van der Waals surface area contributed by atoms with E-state index in [-0.39, 0.29) is 11.4 Å². The van der Waals surface area contributed by atoms with Crippen LogP contribution in [0.4, 0.5) is 13.2 Å². The van der Waals surface area contributed by atoms with Gasteiger partial charge in [-0.2, -0.15) is 17.5 Å². The highest BCUT2D eigenvalue weighted by Gasteiger charge is 2.33. The summed E-state index contributed by atoms with van der Waals surface area (Å²) in [6.07, 6.45) is -0.981. The summed E-state index contributed by atoms with van der Waals surface area (Å²) in [7, 11) is -2.90. The molecule has 0 aliphatic rings. The molecule has 0 atom stereocenters. The van der Waals surface area contributed by atoms with Crippen molar-refractivity contribution in [2.45, 2.75) is 11.1 Å². The van der Waals surface area contributed by atoms with E-state index >= 15 is 0 Å². The number of halogens is 3. The number of hydrogen-bond donors (Lipinski definition) is 0. The molecule has 0 aliphatic heterocycles. The zero-order valence-corrected chi connectivity index (χ0v) is 13.1. The number of carbonyl (C=O) groups is 1. The first-order chi connectivity index (χ1) is 10.6. The average Bonchev–Trinajstić information content (AvgIpc) is 2.46. The van der Waals surface area contributed by atoms with Gasteiger partial charge in [0.05, 0.1) is 6.54 Å². The molecule has 0 spiro atoms. The molecule has 6 nitrogen and oxygen atoms in total. The van der Waals surface area contributed by atoms with Gasteiger partial charge in [-0.3, -0.25) is 9.78 Å². The van der Waals surface area contributed by atoms with Gasteiger partial charge in [-0.15, -0.1) is 6.58 Å². The molecule has 23 heavy (non-hydrogen) atoms. The Morgan fingerprint density at radius 3 is 2.57 bits per heavy atom. The molecule has 128 valence electrons. The predicted octanol–water partition coefficient (Wildman–Crippen LogP) is 1.28. The van der Waals surface area contributed by atoms with Gasteiger partial charge in [0.15, 0.2) is 0 Å². The van der Waals surface area contributed by atoms with E-state index in [1.54, 1.807) is 0 Å². The summed E-state index contributed by atoms with van der Waals surface area (Å²) >= 11 is 0. The van der Waals surface area contributed by atoms with Crippen molar-refractivity contribution in [3.8, 4) is 0 Å². The van der Waals surface area contributed by atoms with E-state index in [0.29, 0.717) is 9.21 Å². The van der Waals surface area contributed by atoms with Crippen molar-refractivity contribution in [2.75, 3.05) is 26.7 Å². The number of sulfonamides is 1. The number of carbonyl (C=O) groups excluding carboxylic acids is 1. The second-order valence-electron chi connectivity index (χ2n) is 4.63. The molecule has 1 amide bonds. The molecule has 0 radical (unpaired) electrons. The van der Waals surface area contributed by atoms with Crippen LogP contribution >= 0.6 is 0 Å². The summed E-state index contributed by atoms with van der Waals surface area (Å²) < 4.78 is 62.5. The van der Waals surface area contributed by atoms with E-state index in [4.69, 9.17) is 0 Å². The van der Waals surface area contributed by atoms with E-state index in [0.717, 1.165) is 19.3 Å². The molecule has 0 saturated carbocycles. The lowest BCUT2D eigenvalue weighted by atomic mass is 10.4. The second kappa shape index (κ2) is 7.55. The molecule has 0 fully saturated rings. The van der Waals surface area contributed by atoms with Crippen LogP contribution in [0.3, 0.4) is 0 Å². The van der Waals surface area contributed by atoms with Gasteiger partial charge in [0.1, 0.15) is 11.4 Å². The lowest BCUT2D eigenvalue weighted by Gasteiger charge is -2.25. The van der Waals surface area contributed by atoms with E-state index in [1.807, 2.05) is 0 Å². The Kier molecular flexibility index (Phi) is 6.28. The molecule has 0 aliphatic carbocycles. The summed E-state index contributed by atoms with van der Waals surface area (Å²) in [5, 5.41) is 0. The summed E-state index contributed by atoms with van der Waals surface area (Å²) in [6, 6.07) is 2.68. The van der Waals surface area contributed by atoms with Crippen LogP contribution in [0.5, 0.6) is 0 Å². The Morgan fingerprint density at radius 2 is 2.09 bits per heavy atom. The monoisotopic (exact) mass is 351 g/mol. The van der Waals surface area contributed by atoms with E-state index < -0.39 is 35.2 Å². The van der Waals surface area contributed by atoms with Crippen LogP contribution in [0.2, 0.25) is 0 Å². The highest BCUT2D eigenvalue weighted by atomic mass is 32.2. The van der Waals surface area contributed by atoms with Gasteiger partial charge in [-0.1, -0.05) is 6.08 Å². The summed E-state index contributed by atoms with van der Waals surface area (Å²) in [6.45, 7) is 0.758. The maximum absolute atomic E-state index is 12.5. The topological polar surface area (TPSA) is 70.6 Å². The number of hydrogen-bond acceptors (Lipinski definition) is 4. The minimum absolute atomic E-state index is 0.151. The van der Waals surface area contributed by atoms with Crippen LogP contribution in [0.25, 0.3) is 0 Å². The Labute approximate surface area is 132 Å². The molecule has 0 aromatic carbocycles. The van der Waals surface area contributed by atoms with Crippen LogP contribution in [-0.4, -0.2) is 61.4 Å². The number of aromatic nitrogens is 1. The number of likely N-dealkylation sites (N-methyl/N-ethyl adjacent to an activating group) is 1. The fourth-order valence-corrected chi connectivity index (χ4v) is 2.77. The molecule has 10 heteroatoms. The van der Waals surface area contributed by atoms with Crippen LogP contribution in [0.15, 0.2) is 42.1 Å². The van der Waals surface area contributed by atoms with Crippen LogP contribution in [0, 0.1) is 0 Å². The maximum Gasteiger partial charge on any atom is 0.406 e. The largest absolute Gasteiger partial charge is 0.406 e. The fourth-order valence-electron chi connectivity index (χ4n) is 1.68. The van der Waals surface area contributed by atoms with Gasteiger partial charge in [-0.25, -0.2) is 8.42 Å². The maximum atomic E-state index is 12.5. The van der Waals surface area contributed by atoms with Crippen molar-refractivity contribution in [3.05, 3.63) is 37.2 Å². The Bertz CT molecular complexity index is 647. The Balaban J connectivity index is 2.87. The number of nitrogens with zero attached hydrogens (tertiary/aromatic N) is 3. The van der Waals surface area contributed by atoms with Crippen LogP contribution in [-0.2, 0) is 14.8 Å². The number of pyridine rings is 1. The van der Waals surface area contributed by atoms with Crippen molar-refractivity contribution in [2.24, 2.45) is 0 Å². The normalized spacial score (nSPS) is 12.2. The zero-order chi connectivity index (χ0) is 17.7. The SMILES string of the molecule is C=CCN(CC(F)(F)F)C(=O)CN(C)S(=O)(=O)c1cccnc1. The quantitative estimate of drug-likeness (QED) is 0.694. The first-order valence-electron chi connectivity index (χ1n) is 6.39. The molecule has 0 saturated heterocycles. The van der Waals surface area contributed by atoms with Crippen molar-refractivity contribution in [3.63, 3.8) is 0 Å². The number of rotatable bonds is 7. The van der Waals surface area contributed by atoms with Gasteiger partial charge < -0.3 is 4.90 Å². The number of alkyl halides is 3. The number of amides is 1. The van der Waals surface area contributed by atoms with E-state index in [2.05, 4.69) is 11.6 Å². The summed E-state index contributed by atoms with van der Waals surface area (Å²) in [5.41, 5.74) is 0. The first kappa shape index (κ1) is 19.1. The third-order valence-corrected chi connectivity index (χ3v) is 4.56. The third-order valence-electron chi connectivity index (χ3n) is 2.77. The molecule has 0 N–H and O–H groups in total. The molecule has 1 heterocycles. The van der Waals surface area contributed by atoms with Crippen LogP contribution in [0.1, 0.15) is 0 Å². The summed E-state index contributed by atoms with van der Waals surface area (Å²) in [4.78, 5) is 16.0. The van der Waals surface area contributed by atoms with Crippen molar-refractivity contribution in [1.82, 2.24) is 14.2 Å². The lowest BCUT2D eigenvalue weighted by molar-refractivity contribution is -0.160. The molecule has 1 aromatic heterocycles. The summed E-state index contributed by atoms with van der Waals surface area (Å²) in [5.74, 6) is -0.975. The molecule has 0 bridgehead atoms. The average molecular weight is 351 g/mol. The standard InChI is InChI=1S/C13H16F3N3O3S/c1-3-7-19(10-13(14,15)16)12(20)9-18(2)23(21,22)11-5-4-6-17-8-11/h3-6,8H,1,7,9-10H2,2H3. The Hall–Kier alpha value is -1.94. The molecular weight excluding hydrogens is 335 g/mol. The molecule has 1 aromatic rings. The van der Waals surface area contributed by atoms with Crippen LogP contribution < -0.4 is 0 Å². The van der Waals surface area contributed by atoms with E-state index in [9.17, 15) is 26.4 Å². The lowest BCUT2D eigenvalue weighted by Crippen LogP contribution is -2.45. The molecule has 1 rings (SSSR count). The van der Waals surface area contributed by atoms with Gasteiger partial charge in [0.2, 0.25) is 15.9 Å². The van der Waals surface area contributed by atoms with E-state index in [1.165, 1.54) is 18.3 Å². The van der Waals surface area contributed by atoms with Crippen molar-refractivity contribution >= 4 is 15.9 Å². The third kappa shape index (κ3) is 5.64. The first-order valence-corrected chi connectivity index (χ1v) is 7.83. The minimum Gasteiger partial charge on any atom is -0.329 e. The fraction of sp³-hybridized carbons (Fsp3) is 0.385. The minimum atomic E-state index is -4.58. The Morgan fingerprint density at radius 1 is 1.43 bits per heavy atom. The predicted molar refractivity (Wildman–Crippen MR) is 76.9 cm³/mol. The van der Waals surface area contributed by atoms with Gasteiger partial charge in [-0.05, 0) is 12.1 Å². The molecule has 0 unspecified atom stereocenters. The smallest absolute Gasteiger partial charge is 0.329 e. The highest BCUT2D eigenvalue weighted by Crippen LogP contribution is 2.17. The van der Waals surface area contributed by atoms with Gasteiger partial charge in [0, 0.05) is 26.0 Å². The van der Waals surface area contributed by atoms with Gasteiger partial charge >= 0.3 is 6.18 Å². The van der Waals surface area contributed by atoms with Crippen molar-refractivity contribution in [1.29, 1.82) is 0 Å². The molecular formula is C13H16F3N3O3S. The van der Waals surface area contributed by atoms with Gasteiger partial charge in [0.25, 0.3) is 0 Å². The van der Waals surface area contributed by atoms with Crippen molar-refractivity contribution < 1.29 is 26.4 Å². The highest BCUT2D eigenvalue weighted by molar-refractivity contribution is 7.89. The second-order valence-corrected chi connectivity index (χ2v) is 6.67.